The van der Waals surface area contributed by atoms with Crippen LogP contribution in [0.2, 0.25) is 0 Å². The van der Waals surface area contributed by atoms with Crippen molar-refractivity contribution >= 4 is 74.3 Å². The van der Waals surface area contributed by atoms with Crippen LogP contribution in [0.5, 0.6) is 0 Å². The third-order valence-electron chi connectivity index (χ3n) is 4.29. The number of allylic oxidation sites excluding steroid dienone is 1. The number of carbonyl (C=O) groups excluding carboxylic acids is 1. The third-order valence-corrected chi connectivity index (χ3v) is 7.81. The van der Waals surface area contributed by atoms with Crippen molar-refractivity contribution in [1.29, 1.82) is 0 Å². The maximum atomic E-state index is 13.1. The molecule has 11 heteroatoms. The number of thioether (sulfide) groups is 2. The van der Waals surface area contributed by atoms with Crippen molar-refractivity contribution in [1.82, 2.24) is 4.98 Å². The van der Waals surface area contributed by atoms with E-state index >= 15 is 0 Å². The summed E-state index contributed by atoms with van der Waals surface area (Å²) in [5.41, 5.74) is -3.06. The lowest BCUT2D eigenvalue weighted by molar-refractivity contribution is -0.0328. The van der Waals surface area contributed by atoms with Crippen LogP contribution in [0.15, 0.2) is 26.5 Å². The number of hydrogen-bond donors (Lipinski definition) is 2. The number of alkyl halides is 3. The molecule has 1 amide bonds. The molecule has 2 aromatic heterocycles. The Kier molecular flexibility index (Phi) is 7.47. The van der Waals surface area contributed by atoms with Crippen molar-refractivity contribution in [2.24, 2.45) is 0 Å². The Hall–Kier alpha value is -1.17. The smallest absolute Gasteiger partial charge is 0.371 e. The van der Waals surface area contributed by atoms with Crippen LogP contribution in [0.1, 0.15) is 46.3 Å². The highest BCUT2D eigenvalue weighted by molar-refractivity contribution is 9.11. The van der Waals surface area contributed by atoms with Gasteiger partial charge < -0.3 is 10.6 Å². The molecule has 2 N–H and O–H groups in total. The van der Waals surface area contributed by atoms with Crippen LogP contribution in [0.3, 0.4) is 0 Å². The quantitative estimate of drug-likeness (QED) is 0.376. The van der Waals surface area contributed by atoms with Crippen molar-refractivity contribution in [2.45, 2.75) is 41.5 Å². The van der Waals surface area contributed by atoms with Gasteiger partial charge in [0, 0.05) is 27.9 Å². The first-order valence-corrected chi connectivity index (χ1v) is 12.4. The number of amides is 1. The molecule has 1 aliphatic rings. The Labute approximate surface area is 193 Å². The molecular formula is C19H19BrF3N3OS3. The van der Waals surface area contributed by atoms with Gasteiger partial charge in [0.1, 0.15) is 10.7 Å². The van der Waals surface area contributed by atoms with Crippen LogP contribution in [-0.4, -0.2) is 29.2 Å². The molecule has 0 bridgehead atoms. The number of hydrogen-bond acceptors (Lipinski definition) is 6. The fraction of sp³-hybridized carbons (Fsp3) is 0.368. The van der Waals surface area contributed by atoms with Crippen molar-refractivity contribution in [2.75, 3.05) is 23.4 Å². The SMILES string of the molecule is CCSc1c(C(=O)Nc2cc(SC(F)(F)F)cnc2NC)sc2c1C(C)CC(Br)=C2. The lowest BCUT2D eigenvalue weighted by Crippen LogP contribution is -2.14. The van der Waals surface area contributed by atoms with E-state index in [-0.39, 0.29) is 34.2 Å². The number of fused-ring (bicyclic) bond motifs is 1. The molecule has 0 radical (unpaired) electrons. The normalized spacial score (nSPS) is 16.1. The van der Waals surface area contributed by atoms with Gasteiger partial charge in [0.2, 0.25) is 0 Å². The molecule has 0 saturated carbocycles. The number of rotatable bonds is 6. The molecule has 0 aliphatic heterocycles. The van der Waals surface area contributed by atoms with Crippen LogP contribution < -0.4 is 10.6 Å². The summed E-state index contributed by atoms with van der Waals surface area (Å²) in [4.78, 5) is 19.6. The van der Waals surface area contributed by atoms with E-state index in [9.17, 15) is 18.0 Å². The highest BCUT2D eigenvalue weighted by Gasteiger charge is 2.31. The molecule has 1 unspecified atom stereocenters. The van der Waals surface area contributed by atoms with Crippen LogP contribution in [0.4, 0.5) is 24.7 Å². The van der Waals surface area contributed by atoms with Crippen molar-refractivity contribution in [3.05, 3.63) is 32.1 Å². The number of pyridine rings is 1. The number of aromatic nitrogens is 1. The van der Waals surface area contributed by atoms with Gasteiger partial charge in [0.05, 0.1) is 5.69 Å². The van der Waals surface area contributed by atoms with E-state index in [0.29, 0.717) is 10.7 Å². The summed E-state index contributed by atoms with van der Waals surface area (Å²) in [6.45, 7) is 4.15. The molecule has 1 aliphatic carbocycles. The Morgan fingerprint density at radius 3 is 2.80 bits per heavy atom. The average Bonchev–Trinajstić information content (AvgIpc) is 2.99. The van der Waals surface area contributed by atoms with Crippen molar-refractivity contribution < 1.29 is 18.0 Å². The Bertz CT molecular complexity index is 991. The van der Waals surface area contributed by atoms with Gasteiger partial charge in [-0.3, -0.25) is 4.79 Å². The Morgan fingerprint density at radius 2 is 2.17 bits per heavy atom. The highest BCUT2D eigenvalue weighted by atomic mass is 79.9. The van der Waals surface area contributed by atoms with E-state index in [1.165, 1.54) is 17.4 Å². The van der Waals surface area contributed by atoms with Gasteiger partial charge in [-0.25, -0.2) is 4.98 Å². The van der Waals surface area contributed by atoms with Gasteiger partial charge in [-0.15, -0.1) is 23.1 Å². The first kappa shape index (κ1) is 23.5. The minimum absolute atomic E-state index is 0.0917. The van der Waals surface area contributed by atoms with Crippen molar-refractivity contribution in [3.63, 3.8) is 0 Å². The second-order valence-electron chi connectivity index (χ2n) is 6.49. The lowest BCUT2D eigenvalue weighted by Gasteiger charge is -2.18. The molecule has 0 aromatic carbocycles. The zero-order chi connectivity index (χ0) is 22.1. The monoisotopic (exact) mass is 537 g/mol. The van der Waals surface area contributed by atoms with Gasteiger partial charge in [-0.05, 0) is 52.0 Å². The summed E-state index contributed by atoms with van der Waals surface area (Å²) in [5.74, 6) is 1.03. The minimum Gasteiger partial charge on any atom is -0.371 e. The first-order chi connectivity index (χ1) is 14.1. The van der Waals surface area contributed by atoms with Gasteiger partial charge >= 0.3 is 5.51 Å². The fourth-order valence-electron chi connectivity index (χ4n) is 3.16. The molecule has 2 aromatic rings. The predicted octanol–water partition coefficient (Wildman–Crippen LogP) is 7.40. The van der Waals surface area contributed by atoms with E-state index in [1.54, 1.807) is 18.8 Å². The molecule has 2 heterocycles. The van der Waals surface area contributed by atoms with E-state index in [1.807, 2.05) is 13.0 Å². The molecule has 4 nitrogen and oxygen atoms in total. The molecule has 1 atom stereocenters. The lowest BCUT2D eigenvalue weighted by atomic mass is 9.93. The predicted molar refractivity (Wildman–Crippen MR) is 124 cm³/mol. The largest absolute Gasteiger partial charge is 0.446 e. The molecule has 162 valence electrons. The standard InChI is InChI=1S/C19H19BrF3N3OS3/c1-4-28-15-14-9(2)5-10(20)6-13(14)29-16(15)18(27)26-12-7-11(30-19(21,22)23)8-25-17(12)24-3/h6-9H,4-5H2,1-3H3,(H,24,25)(H,26,27). The highest BCUT2D eigenvalue weighted by Crippen LogP contribution is 2.47. The summed E-state index contributed by atoms with van der Waals surface area (Å²) >= 11 is 6.31. The third kappa shape index (κ3) is 5.35. The zero-order valence-electron chi connectivity index (χ0n) is 16.3. The number of carbonyl (C=O) groups is 1. The van der Waals surface area contributed by atoms with Crippen LogP contribution in [0, 0.1) is 0 Å². The maximum Gasteiger partial charge on any atom is 0.446 e. The molecule has 0 saturated heterocycles. The number of nitrogens with zero attached hydrogens (tertiary/aromatic N) is 1. The van der Waals surface area contributed by atoms with Gasteiger partial charge in [-0.2, -0.15) is 13.2 Å². The van der Waals surface area contributed by atoms with Crippen molar-refractivity contribution in [3.8, 4) is 0 Å². The molecule has 0 fully saturated rings. The second kappa shape index (κ2) is 9.54. The molecule has 30 heavy (non-hydrogen) atoms. The molecule has 0 spiro atoms. The Balaban J connectivity index is 1.97. The summed E-state index contributed by atoms with van der Waals surface area (Å²) in [6, 6.07) is 1.29. The van der Waals surface area contributed by atoms with Gasteiger partial charge in [0.25, 0.3) is 5.91 Å². The number of thiophene rings is 1. The average molecular weight is 538 g/mol. The summed E-state index contributed by atoms with van der Waals surface area (Å²) in [7, 11) is 1.60. The van der Waals surface area contributed by atoms with E-state index in [2.05, 4.69) is 38.5 Å². The number of halogens is 4. The topological polar surface area (TPSA) is 54.0 Å². The molecular weight excluding hydrogens is 519 g/mol. The zero-order valence-corrected chi connectivity index (χ0v) is 20.4. The fourth-order valence-corrected chi connectivity index (χ4v) is 7.10. The van der Waals surface area contributed by atoms with Gasteiger partial charge in [-0.1, -0.05) is 29.8 Å². The van der Waals surface area contributed by atoms with E-state index in [4.69, 9.17) is 0 Å². The number of anilines is 2. The van der Waals surface area contributed by atoms with E-state index < -0.39 is 5.51 Å². The Morgan fingerprint density at radius 1 is 1.43 bits per heavy atom. The van der Waals surface area contributed by atoms with Gasteiger partial charge in [0.15, 0.2) is 0 Å². The van der Waals surface area contributed by atoms with Crippen LogP contribution in [0.25, 0.3) is 6.08 Å². The van der Waals surface area contributed by atoms with Crippen LogP contribution >= 0.6 is 50.8 Å². The summed E-state index contributed by atoms with van der Waals surface area (Å²) < 4.78 is 39.3. The first-order valence-electron chi connectivity index (χ1n) is 9.03. The summed E-state index contributed by atoms with van der Waals surface area (Å²) in [5, 5.41) is 5.57. The maximum absolute atomic E-state index is 13.1. The second-order valence-corrected chi connectivity index (χ2v) is 11.0. The number of nitrogens with one attached hydrogen (secondary N) is 2. The van der Waals surface area contributed by atoms with Crippen LogP contribution in [-0.2, 0) is 0 Å². The van der Waals surface area contributed by atoms with E-state index in [0.717, 1.165) is 38.2 Å². The molecule has 3 rings (SSSR count). The minimum atomic E-state index is -4.43. The summed E-state index contributed by atoms with van der Waals surface area (Å²) in [6.07, 6.45) is 4.04.